The molecule has 0 radical (unpaired) electrons. The molecule has 0 bridgehead atoms. The van der Waals surface area contributed by atoms with Crippen molar-refractivity contribution in [2.75, 3.05) is 19.6 Å². The van der Waals surface area contributed by atoms with Crippen molar-refractivity contribution in [1.82, 2.24) is 9.80 Å². The lowest BCUT2D eigenvalue weighted by Crippen LogP contribution is -2.46. The zero-order chi connectivity index (χ0) is 23.7. The fraction of sp³-hybridized carbons (Fsp3) is 0.591. The highest BCUT2D eigenvalue weighted by atomic mass is 19.4. The number of carboxylic acids is 1. The monoisotopic (exact) mass is 457 g/mol. The minimum Gasteiger partial charge on any atom is -0.475 e. The Morgan fingerprint density at radius 2 is 1.91 bits per heavy atom. The number of aliphatic imine (C=N–C) groups is 1. The number of carboxylic acid groups (broad SMARTS) is 1. The van der Waals surface area contributed by atoms with Gasteiger partial charge in [-0.25, -0.2) is 9.18 Å². The number of nitrogens with zero attached hydrogens (tertiary/aromatic N) is 3. The first-order valence-electron chi connectivity index (χ1n) is 10.7. The Labute approximate surface area is 183 Å². The maximum Gasteiger partial charge on any atom is 0.490 e. The molecule has 0 unspecified atom stereocenters. The Hall–Kier alpha value is -2.49. The number of aliphatic carboxylic acids is 1. The maximum absolute atomic E-state index is 14.0. The van der Waals surface area contributed by atoms with Gasteiger partial charge in [0.05, 0.1) is 0 Å². The SMILES string of the molecule is CCC1=N[C@@]2(CC[C@@H]3CN(Cc4ccccc4F)C[C@@H]32)C(=O)N1CC.O=C(O)C(F)(F)F. The standard InChI is InChI=1S/C20H26FN3O.C2HF3O2/c1-3-18-22-20(19(25)24(18)4-2)10-9-14-11-23(13-16(14)20)12-15-7-5-6-8-17(15)21;3-2(4,5)1(6)7/h5-8,14,16H,3-4,9-13H2,1-2H3;(H,6,7)/t14-,16+,20-;/m1./s1. The van der Waals surface area contributed by atoms with Crippen molar-refractivity contribution >= 4 is 17.7 Å². The summed E-state index contributed by atoms with van der Waals surface area (Å²) in [6.07, 6.45) is -2.37. The van der Waals surface area contributed by atoms with Crippen molar-refractivity contribution in [1.29, 1.82) is 0 Å². The van der Waals surface area contributed by atoms with E-state index in [0.29, 0.717) is 19.0 Å². The Bertz CT molecular complexity index is 905. The van der Waals surface area contributed by atoms with Crippen LogP contribution in [0.2, 0.25) is 0 Å². The number of likely N-dealkylation sites (N-methyl/N-ethyl adjacent to an activating group) is 1. The first-order chi connectivity index (χ1) is 15.0. The van der Waals surface area contributed by atoms with Gasteiger partial charge in [0, 0.05) is 44.1 Å². The van der Waals surface area contributed by atoms with Gasteiger partial charge >= 0.3 is 12.1 Å². The summed E-state index contributed by atoms with van der Waals surface area (Å²) >= 11 is 0. The number of hydrogen-bond donors (Lipinski definition) is 1. The summed E-state index contributed by atoms with van der Waals surface area (Å²) in [5.74, 6) is -0.991. The van der Waals surface area contributed by atoms with E-state index < -0.39 is 17.7 Å². The van der Waals surface area contributed by atoms with E-state index in [1.165, 1.54) is 6.07 Å². The quantitative estimate of drug-likeness (QED) is 0.700. The molecular formula is C22H27F4N3O3. The van der Waals surface area contributed by atoms with Gasteiger partial charge < -0.3 is 5.11 Å². The third-order valence-corrected chi connectivity index (χ3v) is 6.51. The predicted molar refractivity (Wildman–Crippen MR) is 109 cm³/mol. The second kappa shape index (κ2) is 9.17. The smallest absolute Gasteiger partial charge is 0.475 e. The number of hydrogen-bond acceptors (Lipinski definition) is 4. The number of rotatable bonds is 4. The van der Waals surface area contributed by atoms with E-state index in [1.54, 1.807) is 6.07 Å². The zero-order valence-electron chi connectivity index (χ0n) is 18.0. The molecule has 2 heterocycles. The first-order valence-corrected chi connectivity index (χ1v) is 10.7. The van der Waals surface area contributed by atoms with Gasteiger partial charge in [0.2, 0.25) is 0 Å². The number of carbonyl (C=O) groups excluding carboxylic acids is 1. The van der Waals surface area contributed by atoms with Gasteiger partial charge in [-0.2, -0.15) is 13.2 Å². The Balaban J connectivity index is 0.000000360. The van der Waals surface area contributed by atoms with Crippen molar-refractivity contribution in [3.05, 3.63) is 35.6 Å². The maximum atomic E-state index is 14.0. The molecular weight excluding hydrogens is 430 g/mol. The van der Waals surface area contributed by atoms with E-state index >= 15 is 0 Å². The molecule has 6 nitrogen and oxygen atoms in total. The molecule has 0 aromatic heterocycles. The number of fused-ring (bicyclic) bond motifs is 2. The third-order valence-electron chi connectivity index (χ3n) is 6.51. The summed E-state index contributed by atoms with van der Waals surface area (Å²) in [6.45, 7) is 7.18. The molecule has 1 saturated heterocycles. The van der Waals surface area contributed by atoms with Crippen LogP contribution in [0.5, 0.6) is 0 Å². The van der Waals surface area contributed by atoms with Gasteiger partial charge in [-0.15, -0.1) is 0 Å². The number of amides is 1. The highest BCUT2D eigenvalue weighted by Crippen LogP contribution is 2.50. The largest absolute Gasteiger partial charge is 0.490 e. The first kappa shape index (κ1) is 24.2. The molecule has 1 aliphatic carbocycles. The average Bonchev–Trinajstić information content (AvgIpc) is 3.37. The van der Waals surface area contributed by atoms with Crippen LogP contribution in [0.15, 0.2) is 29.3 Å². The van der Waals surface area contributed by atoms with Crippen LogP contribution in [-0.4, -0.2) is 64.0 Å². The second-order valence-corrected chi connectivity index (χ2v) is 8.35. The molecule has 1 N–H and O–H groups in total. The van der Waals surface area contributed by atoms with E-state index in [-0.39, 0.29) is 17.6 Å². The number of halogens is 4. The van der Waals surface area contributed by atoms with Crippen LogP contribution in [0, 0.1) is 17.7 Å². The van der Waals surface area contributed by atoms with Gasteiger partial charge in [0.1, 0.15) is 17.2 Å². The lowest BCUT2D eigenvalue weighted by molar-refractivity contribution is -0.192. The fourth-order valence-corrected chi connectivity index (χ4v) is 5.07. The summed E-state index contributed by atoms with van der Waals surface area (Å²) in [5, 5.41) is 7.12. The van der Waals surface area contributed by atoms with Crippen LogP contribution < -0.4 is 0 Å². The average molecular weight is 457 g/mol. The minimum atomic E-state index is -5.08. The van der Waals surface area contributed by atoms with Gasteiger partial charge in [0.25, 0.3) is 5.91 Å². The van der Waals surface area contributed by atoms with Crippen LogP contribution in [-0.2, 0) is 16.1 Å². The van der Waals surface area contributed by atoms with Crippen LogP contribution in [0.1, 0.15) is 38.7 Å². The molecule has 1 aromatic carbocycles. The predicted octanol–water partition coefficient (Wildman–Crippen LogP) is 3.71. The van der Waals surface area contributed by atoms with Crippen LogP contribution >= 0.6 is 0 Å². The van der Waals surface area contributed by atoms with Gasteiger partial charge in [-0.3, -0.25) is 19.6 Å². The van der Waals surface area contributed by atoms with Crippen LogP contribution in [0.4, 0.5) is 17.6 Å². The second-order valence-electron chi connectivity index (χ2n) is 8.35. The van der Waals surface area contributed by atoms with E-state index in [1.807, 2.05) is 24.0 Å². The summed E-state index contributed by atoms with van der Waals surface area (Å²) in [5.41, 5.74) is 0.193. The Morgan fingerprint density at radius 3 is 2.44 bits per heavy atom. The molecule has 32 heavy (non-hydrogen) atoms. The van der Waals surface area contributed by atoms with E-state index in [4.69, 9.17) is 14.9 Å². The molecule has 1 spiro atoms. The number of amidine groups is 1. The van der Waals surface area contributed by atoms with Gasteiger partial charge in [0.15, 0.2) is 0 Å². The lowest BCUT2D eigenvalue weighted by Gasteiger charge is -2.28. The summed E-state index contributed by atoms with van der Waals surface area (Å²) in [6, 6.07) is 6.98. The van der Waals surface area contributed by atoms with Gasteiger partial charge in [-0.05, 0) is 31.7 Å². The zero-order valence-corrected chi connectivity index (χ0v) is 18.0. The molecule has 2 fully saturated rings. The highest BCUT2D eigenvalue weighted by molar-refractivity contribution is 6.08. The molecule has 3 atom stereocenters. The molecule has 1 amide bonds. The molecule has 10 heteroatoms. The van der Waals surface area contributed by atoms with Crippen molar-refractivity contribution in [2.24, 2.45) is 16.8 Å². The topological polar surface area (TPSA) is 73.2 Å². The number of alkyl halides is 3. The minimum absolute atomic E-state index is 0.144. The molecule has 4 rings (SSSR count). The summed E-state index contributed by atoms with van der Waals surface area (Å²) in [4.78, 5) is 31.2. The molecule has 176 valence electrons. The van der Waals surface area contributed by atoms with Crippen molar-refractivity contribution in [2.45, 2.75) is 51.4 Å². The normalized spacial score (nSPS) is 27.4. The van der Waals surface area contributed by atoms with Crippen molar-refractivity contribution in [3.63, 3.8) is 0 Å². The fourth-order valence-electron chi connectivity index (χ4n) is 5.07. The third kappa shape index (κ3) is 4.51. The Kier molecular flexibility index (Phi) is 6.92. The summed E-state index contributed by atoms with van der Waals surface area (Å²) in [7, 11) is 0. The van der Waals surface area contributed by atoms with Crippen molar-refractivity contribution < 1.29 is 32.3 Å². The Morgan fingerprint density at radius 1 is 1.25 bits per heavy atom. The van der Waals surface area contributed by atoms with E-state index in [9.17, 15) is 22.4 Å². The van der Waals surface area contributed by atoms with Crippen molar-refractivity contribution in [3.8, 4) is 0 Å². The molecule has 2 aliphatic heterocycles. The van der Waals surface area contributed by atoms with E-state index in [0.717, 1.165) is 43.8 Å². The molecule has 1 saturated carbocycles. The molecule has 1 aromatic rings. The number of benzene rings is 1. The summed E-state index contributed by atoms with van der Waals surface area (Å²) < 4.78 is 45.7. The number of likely N-dealkylation sites (tertiary alicyclic amines) is 1. The molecule has 3 aliphatic rings. The number of carbonyl (C=O) groups is 2. The van der Waals surface area contributed by atoms with E-state index in [2.05, 4.69) is 11.8 Å². The van der Waals surface area contributed by atoms with Gasteiger partial charge in [-0.1, -0.05) is 25.1 Å². The lowest BCUT2D eigenvalue weighted by atomic mass is 9.85. The highest BCUT2D eigenvalue weighted by Gasteiger charge is 2.60. The van der Waals surface area contributed by atoms with Crippen LogP contribution in [0.25, 0.3) is 0 Å². The van der Waals surface area contributed by atoms with Crippen LogP contribution in [0.3, 0.4) is 0 Å².